The van der Waals surface area contributed by atoms with E-state index in [4.69, 9.17) is 14.2 Å². The molecule has 0 fully saturated rings. The number of hydrogen-bond acceptors (Lipinski definition) is 6. The molecule has 2 aromatic carbocycles. The first-order chi connectivity index (χ1) is 12.3. The van der Waals surface area contributed by atoms with Gasteiger partial charge in [-0.1, -0.05) is 0 Å². The van der Waals surface area contributed by atoms with E-state index in [2.05, 4.69) is 0 Å². The van der Waals surface area contributed by atoms with Gasteiger partial charge in [-0.3, -0.25) is 14.9 Å². The molecule has 26 heavy (non-hydrogen) atoms. The quantitative estimate of drug-likeness (QED) is 0.419. The Morgan fingerprint density at radius 3 is 2.04 bits per heavy atom. The normalized spacial score (nSPS) is 11.6. The van der Waals surface area contributed by atoms with Gasteiger partial charge in [0, 0.05) is 5.56 Å². The van der Waals surface area contributed by atoms with Gasteiger partial charge in [-0.15, -0.1) is 0 Å². The number of aldehydes is 1. The molecule has 138 valence electrons. The fraction of sp³-hybridized carbons (Fsp3) is 0.316. The Morgan fingerprint density at radius 2 is 1.58 bits per heavy atom. The highest BCUT2D eigenvalue weighted by atomic mass is 16.6. The second-order valence-electron chi connectivity index (χ2n) is 5.88. The van der Waals surface area contributed by atoms with E-state index in [1.165, 1.54) is 20.3 Å². The van der Waals surface area contributed by atoms with Gasteiger partial charge in [0.2, 0.25) is 0 Å². The average molecular weight is 359 g/mol. The summed E-state index contributed by atoms with van der Waals surface area (Å²) in [5.41, 5.74) is 2.36. The number of aryl methyl sites for hydroxylation is 2. The summed E-state index contributed by atoms with van der Waals surface area (Å²) >= 11 is 0. The lowest BCUT2D eigenvalue weighted by Crippen LogP contribution is -2.09. The van der Waals surface area contributed by atoms with E-state index >= 15 is 0 Å². The number of nitrogens with zero attached hydrogens (tertiary/aromatic N) is 1. The summed E-state index contributed by atoms with van der Waals surface area (Å²) in [6.45, 7) is 5.37. The van der Waals surface area contributed by atoms with Gasteiger partial charge in [-0.2, -0.15) is 0 Å². The molecule has 0 radical (unpaired) electrons. The van der Waals surface area contributed by atoms with Crippen LogP contribution in [0.4, 0.5) is 5.69 Å². The predicted octanol–water partition coefficient (Wildman–Crippen LogP) is 4.18. The molecule has 0 aliphatic rings. The van der Waals surface area contributed by atoms with Gasteiger partial charge < -0.3 is 14.2 Å². The molecule has 7 nitrogen and oxygen atoms in total. The second-order valence-corrected chi connectivity index (χ2v) is 5.88. The molecule has 0 amide bonds. The van der Waals surface area contributed by atoms with Crippen LogP contribution in [0.5, 0.6) is 17.2 Å². The molecule has 0 saturated carbocycles. The molecule has 0 N–H and O–H groups in total. The largest absolute Gasteiger partial charge is 0.493 e. The highest BCUT2D eigenvalue weighted by molar-refractivity contribution is 5.76. The first-order valence-corrected chi connectivity index (χ1v) is 7.95. The minimum Gasteiger partial charge on any atom is -0.493 e. The van der Waals surface area contributed by atoms with E-state index in [9.17, 15) is 14.9 Å². The Hall–Kier alpha value is -3.09. The number of benzene rings is 2. The average Bonchev–Trinajstić information content (AvgIpc) is 2.62. The maximum absolute atomic E-state index is 11.5. The van der Waals surface area contributed by atoms with Crippen molar-refractivity contribution < 1.29 is 23.9 Å². The molecule has 0 aliphatic carbocycles. The lowest BCUT2D eigenvalue weighted by Gasteiger charge is -2.20. The molecule has 0 spiro atoms. The van der Waals surface area contributed by atoms with E-state index in [0.717, 1.165) is 17.4 Å². The van der Waals surface area contributed by atoms with Gasteiger partial charge in [-0.05, 0) is 50.1 Å². The Labute approximate surface area is 151 Å². The molecule has 0 aliphatic heterocycles. The first-order valence-electron chi connectivity index (χ1n) is 7.95. The third-order valence-electron chi connectivity index (χ3n) is 4.08. The van der Waals surface area contributed by atoms with Crippen LogP contribution in [0, 0.1) is 24.0 Å². The van der Waals surface area contributed by atoms with Crippen LogP contribution in [-0.4, -0.2) is 25.4 Å². The van der Waals surface area contributed by atoms with Crippen LogP contribution in [0.15, 0.2) is 24.3 Å². The Kier molecular flexibility index (Phi) is 5.82. The molecular formula is C19H21NO6. The van der Waals surface area contributed by atoms with E-state index in [0.29, 0.717) is 22.6 Å². The van der Waals surface area contributed by atoms with Gasteiger partial charge in [0.1, 0.15) is 18.1 Å². The highest BCUT2D eigenvalue weighted by Gasteiger charge is 2.25. The first kappa shape index (κ1) is 19.2. The number of carbonyl (C=O) groups is 1. The number of ether oxygens (including phenoxy) is 3. The molecule has 2 rings (SSSR count). The maximum atomic E-state index is 11.5. The van der Waals surface area contributed by atoms with Crippen LogP contribution in [0.3, 0.4) is 0 Å². The summed E-state index contributed by atoms with van der Waals surface area (Å²) in [7, 11) is 2.88. The van der Waals surface area contributed by atoms with Crippen molar-refractivity contribution in [2.45, 2.75) is 26.9 Å². The second kappa shape index (κ2) is 7.86. The van der Waals surface area contributed by atoms with Gasteiger partial charge >= 0.3 is 0 Å². The van der Waals surface area contributed by atoms with Crippen LogP contribution in [0.25, 0.3) is 0 Å². The molecular weight excluding hydrogens is 338 g/mol. The molecule has 0 heterocycles. The minimum absolute atomic E-state index is 0.116. The number of nitro groups is 1. The van der Waals surface area contributed by atoms with Crippen LogP contribution in [0.2, 0.25) is 0 Å². The van der Waals surface area contributed by atoms with E-state index in [1.807, 2.05) is 13.8 Å². The molecule has 2 aromatic rings. The van der Waals surface area contributed by atoms with Crippen molar-refractivity contribution in [3.63, 3.8) is 0 Å². The third kappa shape index (κ3) is 3.77. The van der Waals surface area contributed by atoms with Crippen molar-refractivity contribution in [3.05, 3.63) is 56.6 Å². The van der Waals surface area contributed by atoms with E-state index in [1.54, 1.807) is 25.1 Å². The van der Waals surface area contributed by atoms with Gasteiger partial charge in [0.25, 0.3) is 5.69 Å². The van der Waals surface area contributed by atoms with Gasteiger partial charge in [0.15, 0.2) is 11.5 Å². The molecule has 0 saturated heterocycles. The summed E-state index contributed by atoms with van der Waals surface area (Å²) < 4.78 is 16.4. The molecule has 7 heteroatoms. The number of hydrogen-bond donors (Lipinski definition) is 0. The summed E-state index contributed by atoms with van der Waals surface area (Å²) in [5, 5.41) is 11.5. The zero-order valence-electron chi connectivity index (χ0n) is 15.4. The molecule has 0 aromatic heterocycles. The topological polar surface area (TPSA) is 87.9 Å². The van der Waals surface area contributed by atoms with Crippen molar-refractivity contribution >= 4 is 12.0 Å². The number of carbonyl (C=O) groups excluding carboxylic acids is 1. The van der Waals surface area contributed by atoms with Gasteiger partial charge in [0.05, 0.1) is 30.8 Å². The monoisotopic (exact) mass is 359 g/mol. The van der Waals surface area contributed by atoms with Gasteiger partial charge in [-0.25, -0.2) is 0 Å². The Balaban J connectivity index is 2.48. The number of nitro benzene ring substituents is 1. The van der Waals surface area contributed by atoms with Crippen LogP contribution < -0.4 is 14.2 Å². The molecule has 1 atom stereocenters. The van der Waals surface area contributed by atoms with E-state index in [-0.39, 0.29) is 11.4 Å². The molecule has 1 unspecified atom stereocenters. The van der Waals surface area contributed by atoms with Crippen LogP contribution >= 0.6 is 0 Å². The van der Waals surface area contributed by atoms with Crippen molar-refractivity contribution in [2.24, 2.45) is 0 Å². The van der Waals surface area contributed by atoms with Crippen molar-refractivity contribution in [1.29, 1.82) is 0 Å². The summed E-state index contributed by atoms with van der Waals surface area (Å²) in [6.07, 6.45) is 0.154. The zero-order chi connectivity index (χ0) is 19.4. The Bertz CT molecular complexity index is 823. The zero-order valence-corrected chi connectivity index (χ0v) is 15.4. The lowest BCUT2D eigenvalue weighted by molar-refractivity contribution is -0.386. The third-order valence-corrected chi connectivity index (χ3v) is 4.08. The minimum atomic E-state index is -0.616. The summed E-state index contributed by atoms with van der Waals surface area (Å²) in [4.78, 5) is 22.0. The summed E-state index contributed by atoms with van der Waals surface area (Å²) in [6, 6.07) is 6.30. The van der Waals surface area contributed by atoms with Crippen LogP contribution in [-0.2, 0) is 0 Å². The highest BCUT2D eigenvalue weighted by Crippen LogP contribution is 2.39. The smallest absolute Gasteiger partial charge is 0.280 e. The van der Waals surface area contributed by atoms with Crippen LogP contribution in [0.1, 0.15) is 40.1 Å². The van der Waals surface area contributed by atoms with Crippen molar-refractivity contribution in [1.82, 2.24) is 0 Å². The maximum Gasteiger partial charge on any atom is 0.280 e. The lowest BCUT2D eigenvalue weighted by atomic mass is 10.0. The van der Waals surface area contributed by atoms with E-state index < -0.39 is 11.0 Å². The predicted molar refractivity (Wildman–Crippen MR) is 96.5 cm³/mol. The SMILES string of the molecule is COc1cc(C(C)Oc2c(C)cc(C=O)cc2C)c([N+](=O)[O-])cc1OC. The fourth-order valence-corrected chi connectivity index (χ4v) is 2.85. The standard InChI is InChI=1S/C19H21NO6/c1-11-6-14(10-21)7-12(2)19(11)26-13(3)15-8-17(24-4)18(25-5)9-16(15)20(22)23/h6-10,13H,1-5H3. The van der Waals surface area contributed by atoms with Crippen molar-refractivity contribution in [3.8, 4) is 17.2 Å². The fourth-order valence-electron chi connectivity index (χ4n) is 2.85. The summed E-state index contributed by atoms with van der Waals surface area (Å²) in [5.74, 6) is 1.25. The van der Waals surface area contributed by atoms with Crippen molar-refractivity contribution in [2.75, 3.05) is 14.2 Å². The number of rotatable bonds is 7. The Morgan fingerprint density at radius 1 is 1.04 bits per heavy atom. The molecule has 0 bridgehead atoms. The number of methoxy groups -OCH3 is 2.